The minimum Gasteiger partial charge on any atom is -0.471 e. The van der Waals surface area contributed by atoms with Gasteiger partial charge in [0.1, 0.15) is 11.5 Å². The summed E-state index contributed by atoms with van der Waals surface area (Å²) in [5, 5.41) is 11.2. The number of aryl methyl sites for hydroxylation is 2. The third-order valence-corrected chi connectivity index (χ3v) is 6.50. The van der Waals surface area contributed by atoms with E-state index >= 15 is 0 Å². The molecule has 35 heavy (non-hydrogen) atoms. The number of pyridine rings is 1. The van der Waals surface area contributed by atoms with Gasteiger partial charge in [-0.15, -0.1) is 0 Å². The van der Waals surface area contributed by atoms with Crippen molar-refractivity contribution >= 4 is 17.5 Å². The number of halogens is 2. The lowest BCUT2D eigenvalue weighted by molar-refractivity contribution is -0.133. The predicted molar refractivity (Wildman–Crippen MR) is 123 cm³/mol. The monoisotopic (exact) mass is 486 g/mol. The second-order valence-electron chi connectivity index (χ2n) is 9.25. The topological polar surface area (TPSA) is 113 Å². The van der Waals surface area contributed by atoms with Crippen LogP contribution in [0.2, 0.25) is 0 Å². The largest absolute Gasteiger partial charge is 0.471 e. The molecule has 11 heteroatoms. The lowest BCUT2D eigenvalue weighted by atomic mass is 9.85. The van der Waals surface area contributed by atoms with Crippen LogP contribution in [0, 0.1) is 23.7 Å². The van der Waals surface area contributed by atoms with Gasteiger partial charge in [-0.1, -0.05) is 12.2 Å². The molecule has 1 saturated heterocycles. The van der Waals surface area contributed by atoms with E-state index in [1.54, 1.807) is 47.0 Å². The minimum absolute atomic E-state index is 0.111. The molecule has 9 nitrogen and oxygen atoms in total. The lowest BCUT2D eigenvalue weighted by Crippen LogP contribution is -2.39. The highest BCUT2D eigenvalue weighted by Crippen LogP contribution is 2.51. The van der Waals surface area contributed by atoms with Crippen LogP contribution in [0.3, 0.4) is 0 Å². The first-order chi connectivity index (χ1) is 16.4. The van der Waals surface area contributed by atoms with Gasteiger partial charge in [-0.3, -0.25) is 15.0 Å². The van der Waals surface area contributed by atoms with Crippen LogP contribution in [-0.4, -0.2) is 56.0 Å². The molecule has 1 aliphatic carbocycles. The molecule has 0 saturated carbocycles. The van der Waals surface area contributed by atoms with E-state index in [1.165, 1.54) is 6.20 Å². The van der Waals surface area contributed by atoms with E-state index in [9.17, 15) is 18.4 Å². The second-order valence-corrected chi connectivity index (χ2v) is 9.25. The number of aromatic nitrogens is 3. The van der Waals surface area contributed by atoms with Gasteiger partial charge in [0.15, 0.2) is 6.61 Å². The van der Waals surface area contributed by atoms with E-state index in [4.69, 9.17) is 10.1 Å². The van der Waals surface area contributed by atoms with Crippen molar-refractivity contribution in [2.24, 2.45) is 18.4 Å². The van der Waals surface area contributed by atoms with Crippen LogP contribution in [0.4, 0.5) is 8.78 Å². The number of hydrogen-bond donors (Lipinski definition) is 2. The zero-order valence-electron chi connectivity index (χ0n) is 20.0. The number of nitrogens with one attached hydrogen (secondary N) is 2. The third kappa shape index (κ3) is 4.80. The van der Waals surface area contributed by atoms with Gasteiger partial charge >= 0.3 is 0 Å². The average molecular weight is 487 g/mol. The van der Waals surface area contributed by atoms with Crippen LogP contribution in [0.15, 0.2) is 36.8 Å². The van der Waals surface area contributed by atoms with E-state index in [0.29, 0.717) is 17.0 Å². The number of hydrogen-bond acceptors (Lipinski definition) is 6. The summed E-state index contributed by atoms with van der Waals surface area (Å²) in [6.45, 7) is 3.90. The number of imidazole rings is 1. The van der Waals surface area contributed by atoms with Crippen molar-refractivity contribution in [3.05, 3.63) is 53.8 Å². The first-order valence-corrected chi connectivity index (χ1v) is 11.2. The highest BCUT2D eigenvalue weighted by Gasteiger charge is 2.60. The standard InChI is InChI=1S/C24H28F2N6O3/c1-14-9-16(10-30-21(14)35-13-23(3,25)26)15(2)32-12-17(24(5-6-24)22(32)34)19(27)20(33)29-11-18-28-7-8-31(18)4/h5-10,15,17,27H,11-13H2,1-4H3,(H,29,33). The van der Waals surface area contributed by atoms with Gasteiger partial charge in [-0.05, 0) is 25.5 Å². The van der Waals surface area contributed by atoms with Crippen LogP contribution in [0.25, 0.3) is 0 Å². The molecule has 186 valence electrons. The van der Waals surface area contributed by atoms with Gasteiger partial charge in [0.25, 0.3) is 11.8 Å². The Morgan fingerprint density at radius 1 is 1.40 bits per heavy atom. The van der Waals surface area contributed by atoms with Crippen molar-refractivity contribution < 1.29 is 23.1 Å². The first-order valence-electron chi connectivity index (χ1n) is 11.2. The van der Waals surface area contributed by atoms with Gasteiger partial charge in [0.2, 0.25) is 11.8 Å². The molecule has 0 aromatic carbocycles. The van der Waals surface area contributed by atoms with Crippen LogP contribution in [0.5, 0.6) is 5.88 Å². The summed E-state index contributed by atoms with van der Waals surface area (Å²) in [5.74, 6) is -3.54. The molecule has 1 aliphatic heterocycles. The zero-order chi connectivity index (χ0) is 25.5. The molecule has 2 N–H and O–H groups in total. The van der Waals surface area contributed by atoms with Crippen molar-refractivity contribution in [1.82, 2.24) is 24.8 Å². The number of ether oxygens (including phenoxy) is 1. The fourth-order valence-electron chi connectivity index (χ4n) is 4.28. The van der Waals surface area contributed by atoms with Crippen LogP contribution in [-0.2, 0) is 23.2 Å². The number of carbonyl (C=O) groups is 2. The van der Waals surface area contributed by atoms with E-state index < -0.39 is 35.8 Å². The fourth-order valence-corrected chi connectivity index (χ4v) is 4.28. The number of rotatable bonds is 9. The number of alkyl halides is 2. The van der Waals surface area contributed by atoms with E-state index in [1.807, 2.05) is 14.0 Å². The zero-order valence-corrected chi connectivity index (χ0v) is 20.0. The van der Waals surface area contributed by atoms with Crippen molar-refractivity contribution in [2.75, 3.05) is 13.2 Å². The molecular formula is C24H28F2N6O3. The molecule has 2 amide bonds. The normalized spacial score (nSPS) is 19.2. The molecule has 2 aromatic rings. The SMILES string of the molecule is Cc1cc(C(C)N2CC(C(=N)C(=O)NCc3nccn3C)C3(C=C3)C2=O)cnc1OCC(C)(F)F. The number of likely N-dealkylation sites (tertiary alicyclic amines) is 1. The first kappa shape index (κ1) is 24.5. The minimum atomic E-state index is -2.98. The second kappa shape index (κ2) is 8.86. The molecule has 1 fully saturated rings. The molecule has 3 heterocycles. The maximum Gasteiger partial charge on any atom is 0.278 e. The molecule has 2 aromatic heterocycles. The maximum absolute atomic E-state index is 13.3. The summed E-state index contributed by atoms with van der Waals surface area (Å²) in [6, 6.07) is 1.35. The van der Waals surface area contributed by atoms with Gasteiger partial charge in [-0.2, -0.15) is 0 Å². The molecule has 2 aliphatic rings. The van der Waals surface area contributed by atoms with Gasteiger partial charge in [0.05, 0.1) is 18.0 Å². The Hall–Kier alpha value is -3.63. The van der Waals surface area contributed by atoms with E-state index in [2.05, 4.69) is 15.3 Å². The Labute approximate surface area is 201 Å². The maximum atomic E-state index is 13.3. The van der Waals surface area contributed by atoms with E-state index in [-0.39, 0.29) is 30.6 Å². The molecule has 2 unspecified atom stereocenters. The molecule has 2 atom stereocenters. The predicted octanol–water partition coefficient (Wildman–Crippen LogP) is 2.57. The van der Waals surface area contributed by atoms with Crippen molar-refractivity contribution in [3.63, 3.8) is 0 Å². The summed E-state index contributed by atoms with van der Waals surface area (Å²) < 4.78 is 33.1. The lowest BCUT2D eigenvalue weighted by Gasteiger charge is -2.25. The van der Waals surface area contributed by atoms with Crippen molar-refractivity contribution in [2.45, 2.75) is 39.3 Å². The van der Waals surface area contributed by atoms with Crippen molar-refractivity contribution in [3.8, 4) is 5.88 Å². The number of carbonyl (C=O) groups excluding carboxylic acids is 2. The summed E-state index contributed by atoms with van der Waals surface area (Å²) in [6.07, 6.45) is 8.36. The Bertz CT molecular complexity index is 1200. The summed E-state index contributed by atoms with van der Waals surface area (Å²) in [4.78, 5) is 35.9. The third-order valence-electron chi connectivity index (χ3n) is 6.50. The Morgan fingerprint density at radius 2 is 2.11 bits per heavy atom. The Kier molecular flexibility index (Phi) is 6.20. The summed E-state index contributed by atoms with van der Waals surface area (Å²) >= 11 is 0. The van der Waals surface area contributed by atoms with Crippen LogP contribution in [0.1, 0.15) is 36.8 Å². The Balaban J connectivity index is 1.44. The van der Waals surface area contributed by atoms with Crippen molar-refractivity contribution in [1.29, 1.82) is 5.41 Å². The highest BCUT2D eigenvalue weighted by molar-refractivity contribution is 6.39. The van der Waals surface area contributed by atoms with Gasteiger partial charge in [0, 0.05) is 50.6 Å². The highest BCUT2D eigenvalue weighted by atomic mass is 19.3. The van der Waals surface area contributed by atoms with E-state index in [0.717, 1.165) is 6.92 Å². The van der Waals surface area contributed by atoms with Gasteiger partial charge < -0.3 is 19.5 Å². The molecular weight excluding hydrogens is 458 g/mol. The molecule has 4 rings (SSSR count). The fraction of sp³-hybridized carbons (Fsp3) is 0.458. The quantitative estimate of drug-likeness (QED) is 0.418. The average Bonchev–Trinajstić information content (AvgIpc) is 3.42. The smallest absolute Gasteiger partial charge is 0.278 e. The number of amides is 2. The Morgan fingerprint density at radius 3 is 2.69 bits per heavy atom. The molecule has 0 bridgehead atoms. The molecule has 1 spiro atoms. The van der Waals surface area contributed by atoms with Gasteiger partial charge in [-0.25, -0.2) is 18.7 Å². The summed E-state index contributed by atoms with van der Waals surface area (Å²) in [7, 11) is 1.81. The molecule has 0 radical (unpaired) electrons. The van der Waals surface area contributed by atoms with Crippen LogP contribution < -0.4 is 10.1 Å². The summed E-state index contributed by atoms with van der Waals surface area (Å²) in [5.41, 5.74) is 0.159. The van der Waals surface area contributed by atoms with Crippen LogP contribution >= 0.6 is 0 Å². The number of nitrogens with zero attached hydrogens (tertiary/aromatic N) is 4.